The van der Waals surface area contributed by atoms with Crippen LogP contribution in [0.4, 0.5) is 4.39 Å². The Morgan fingerprint density at radius 3 is 2.42 bits per heavy atom. The summed E-state index contributed by atoms with van der Waals surface area (Å²) in [6.45, 7) is 4.29. The molecule has 3 aromatic rings. The van der Waals surface area contributed by atoms with Crippen LogP contribution in [0.15, 0.2) is 67.1 Å². The van der Waals surface area contributed by atoms with E-state index in [1.54, 1.807) is 41.7 Å². The van der Waals surface area contributed by atoms with E-state index in [0.29, 0.717) is 12.1 Å². The number of benzene rings is 1. The molecule has 1 unspecified atom stereocenters. The van der Waals surface area contributed by atoms with Gasteiger partial charge in [0.25, 0.3) is 5.91 Å². The molecule has 0 aliphatic rings. The predicted octanol–water partition coefficient (Wildman–Crippen LogP) is 4.18. The average molecular weight is 349 g/mol. The van der Waals surface area contributed by atoms with E-state index in [-0.39, 0.29) is 17.8 Å². The predicted molar refractivity (Wildman–Crippen MR) is 98.2 cm³/mol. The lowest BCUT2D eigenvalue weighted by atomic mass is 9.97. The maximum Gasteiger partial charge on any atom is 0.256 e. The number of pyridine rings is 2. The molecule has 0 saturated carbocycles. The number of carbonyl (C=O) groups excluding carboxylic acids is 1. The molecule has 0 fully saturated rings. The molecule has 0 aliphatic carbocycles. The minimum atomic E-state index is -0.358. The number of carbonyl (C=O) groups is 1. The summed E-state index contributed by atoms with van der Waals surface area (Å²) in [6, 6.07) is 13.2. The van der Waals surface area contributed by atoms with Gasteiger partial charge in [-0.05, 0) is 55.3 Å². The van der Waals surface area contributed by atoms with Crippen molar-refractivity contribution in [1.82, 2.24) is 14.9 Å². The van der Waals surface area contributed by atoms with Crippen molar-refractivity contribution in [3.05, 3.63) is 95.3 Å². The zero-order chi connectivity index (χ0) is 18.5. The molecule has 2 heterocycles. The van der Waals surface area contributed by atoms with Crippen LogP contribution in [0, 0.1) is 12.7 Å². The van der Waals surface area contributed by atoms with Gasteiger partial charge in [-0.2, -0.15) is 0 Å². The SMILES string of the molecule is CCN(C(=O)c1ccc(C)nc1)C(c1ccc(F)cc1)c1cccnc1. The minimum absolute atomic E-state index is 0.127. The lowest BCUT2D eigenvalue weighted by Gasteiger charge is -2.31. The van der Waals surface area contributed by atoms with Gasteiger partial charge in [0.2, 0.25) is 0 Å². The van der Waals surface area contributed by atoms with E-state index >= 15 is 0 Å². The van der Waals surface area contributed by atoms with E-state index in [9.17, 15) is 9.18 Å². The van der Waals surface area contributed by atoms with Gasteiger partial charge in [-0.25, -0.2) is 4.39 Å². The van der Waals surface area contributed by atoms with Crippen LogP contribution in [-0.4, -0.2) is 27.3 Å². The number of aromatic nitrogens is 2. The largest absolute Gasteiger partial charge is 0.328 e. The van der Waals surface area contributed by atoms with Crippen LogP contribution in [0.5, 0.6) is 0 Å². The Bertz CT molecular complexity index is 864. The van der Waals surface area contributed by atoms with E-state index in [2.05, 4.69) is 9.97 Å². The second-order valence-corrected chi connectivity index (χ2v) is 6.02. The second kappa shape index (κ2) is 7.87. The Morgan fingerprint density at radius 2 is 1.85 bits per heavy atom. The molecule has 2 aromatic heterocycles. The molecule has 26 heavy (non-hydrogen) atoms. The van der Waals surface area contributed by atoms with E-state index in [4.69, 9.17) is 0 Å². The molecule has 1 atom stereocenters. The molecule has 0 spiro atoms. The summed E-state index contributed by atoms with van der Waals surface area (Å²) < 4.78 is 13.4. The number of aryl methyl sites for hydroxylation is 1. The molecular formula is C21H20FN3O. The van der Waals surface area contributed by atoms with E-state index in [1.165, 1.54) is 12.1 Å². The molecule has 5 heteroatoms. The Labute approximate surface area is 152 Å². The fourth-order valence-electron chi connectivity index (χ4n) is 2.94. The number of rotatable bonds is 5. The monoisotopic (exact) mass is 349 g/mol. The summed E-state index contributed by atoms with van der Waals surface area (Å²) in [5, 5.41) is 0. The zero-order valence-electron chi connectivity index (χ0n) is 14.8. The Balaban J connectivity index is 2.05. The molecule has 1 aromatic carbocycles. The molecule has 132 valence electrons. The topological polar surface area (TPSA) is 46.1 Å². The standard InChI is InChI=1S/C21H20FN3O/c1-3-25(21(26)18-7-6-15(2)24-14-18)20(17-5-4-12-23-13-17)16-8-10-19(22)11-9-16/h4-14,20H,3H2,1-2H3. The van der Waals surface area contributed by atoms with Crippen molar-refractivity contribution in [3.8, 4) is 0 Å². The number of amides is 1. The molecule has 0 radical (unpaired) electrons. The highest BCUT2D eigenvalue weighted by Crippen LogP contribution is 2.29. The Morgan fingerprint density at radius 1 is 1.08 bits per heavy atom. The van der Waals surface area contributed by atoms with Crippen molar-refractivity contribution in [2.24, 2.45) is 0 Å². The Kier molecular flexibility index (Phi) is 5.37. The third-order valence-corrected chi connectivity index (χ3v) is 4.26. The van der Waals surface area contributed by atoms with Gasteiger partial charge in [0, 0.05) is 30.8 Å². The van der Waals surface area contributed by atoms with Crippen LogP contribution in [0.3, 0.4) is 0 Å². The Hall–Kier alpha value is -3.08. The van der Waals surface area contributed by atoms with Crippen molar-refractivity contribution in [1.29, 1.82) is 0 Å². The second-order valence-electron chi connectivity index (χ2n) is 6.02. The van der Waals surface area contributed by atoms with Crippen LogP contribution in [0.1, 0.15) is 40.1 Å². The molecule has 4 nitrogen and oxygen atoms in total. The lowest BCUT2D eigenvalue weighted by Crippen LogP contribution is -2.35. The first-order valence-corrected chi connectivity index (χ1v) is 8.49. The highest BCUT2D eigenvalue weighted by Gasteiger charge is 2.27. The van der Waals surface area contributed by atoms with Gasteiger partial charge in [-0.1, -0.05) is 18.2 Å². The van der Waals surface area contributed by atoms with E-state index in [1.807, 2.05) is 32.0 Å². The molecule has 0 N–H and O–H groups in total. The third kappa shape index (κ3) is 3.77. The summed E-state index contributed by atoms with van der Waals surface area (Å²) in [6.07, 6.45) is 5.01. The number of halogens is 1. The molecule has 0 bridgehead atoms. The molecule has 0 saturated heterocycles. The summed E-state index contributed by atoms with van der Waals surface area (Å²) >= 11 is 0. The minimum Gasteiger partial charge on any atom is -0.328 e. The van der Waals surface area contributed by atoms with Gasteiger partial charge in [0.15, 0.2) is 0 Å². The maximum absolute atomic E-state index is 13.4. The van der Waals surface area contributed by atoms with Crippen LogP contribution in [0.25, 0.3) is 0 Å². The fourth-order valence-corrected chi connectivity index (χ4v) is 2.94. The van der Waals surface area contributed by atoms with Crippen LogP contribution >= 0.6 is 0 Å². The molecule has 1 amide bonds. The smallest absolute Gasteiger partial charge is 0.256 e. The van der Waals surface area contributed by atoms with Crippen LogP contribution < -0.4 is 0 Å². The lowest BCUT2D eigenvalue weighted by molar-refractivity contribution is 0.0716. The van der Waals surface area contributed by atoms with Crippen molar-refractivity contribution >= 4 is 5.91 Å². The maximum atomic E-state index is 13.4. The summed E-state index contributed by atoms with van der Waals surface area (Å²) in [7, 11) is 0. The van der Waals surface area contributed by atoms with Crippen LogP contribution in [-0.2, 0) is 0 Å². The van der Waals surface area contributed by atoms with Crippen molar-refractivity contribution in [3.63, 3.8) is 0 Å². The van der Waals surface area contributed by atoms with E-state index < -0.39 is 0 Å². The summed E-state index contributed by atoms with van der Waals surface area (Å²) in [5.74, 6) is -0.436. The highest BCUT2D eigenvalue weighted by molar-refractivity contribution is 5.94. The first-order valence-electron chi connectivity index (χ1n) is 8.49. The number of nitrogens with zero attached hydrogens (tertiary/aromatic N) is 3. The van der Waals surface area contributed by atoms with Gasteiger partial charge in [0.1, 0.15) is 5.82 Å². The van der Waals surface area contributed by atoms with Gasteiger partial charge in [-0.3, -0.25) is 14.8 Å². The first-order chi connectivity index (χ1) is 12.6. The summed E-state index contributed by atoms with van der Waals surface area (Å²) in [5.41, 5.74) is 3.07. The van der Waals surface area contributed by atoms with Gasteiger partial charge in [-0.15, -0.1) is 0 Å². The molecular weight excluding hydrogens is 329 g/mol. The third-order valence-electron chi connectivity index (χ3n) is 4.26. The van der Waals surface area contributed by atoms with E-state index in [0.717, 1.165) is 16.8 Å². The fraction of sp³-hybridized carbons (Fsp3) is 0.190. The van der Waals surface area contributed by atoms with Gasteiger partial charge in [0.05, 0.1) is 11.6 Å². The summed E-state index contributed by atoms with van der Waals surface area (Å²) in [4.78, 5) is 23.3. The zero-order valence-corrected chi connectivity index (χ0v) is 14.8. The number of hydrogen-bond acceptors (Lipinski definition) is 3. The van der Waals surface area contributed by atoms with Crippen molar-refractivity contribution < 1.29 is 9.18 Å². The van der Waals surface area contributed by atoms with Crippen molar-refractivity contribution in [2.75, 3.05) is 6.54 Å². The van der Waals surface area contributed by atoms with Crippen molar-refractivity contribution in [2.45, 2.75) is 19.9 Å². The van der Waals surface area contributed by atoms with Gasteiger partial charge >= 0.3 is 0 Å². The van der Waals surface area contributed by atoms with Gasteiger partial charge < -0.3 is 4.90 Å². The van der Waals surface area contributed by atoms with Crippen LogP contribution in [0.2, 0.25) is 0 Å². The first kappa shape index (κ1) is 17.7. The number of hydrogen-bond donors (Lipinski definition) is 0. The average Bonchev–Trinajstić information content (AvgIpc) is 2.68. The molecule has 3 rings (SSSR count). The quantitative estimate of drug-likeness (QED) is 0.694. The highest BCUT2D eigenvalue weighted by atomic mass is 19.1. The normalized spacial score (nSPS) is 11.8. The molecule has 0 aliphatic heterocycles.